The van der Waals surface area contributed by atoms with Crippen molar-refractivity contribution in [3.63, 3.8) is 0 Å². The molecule has 0 aliphatic carbocycles. The Balaban J connectivity index is 1.72. The lowest BCUT2D eigenvalue weighted by Gasteiger charge is -2.09. The van der Waals surface area contributed by atoms with E-state index in [4.69, 9.17) is 14.6 Å². The minimum Gasteiger partial charge on any atom is -0.497 e. The van der Waals surface area contributed by atoms with Gasteiger partial charge in [0.2, 0.25) is 5.88 Å². The van der Waals surface area contributed by atoms with Gasteiger partial charge in [0.05, 0.1) is 31.1 Å². The van der Waals surface area contributed by atoms with Gasteiger partial charge >= 0.3 is 0 Å². The third-order valence-electron chi connectivity index (χ3n) is 5.17. The molecule has 8 heteroatoms. The molecule has 0 amide bonds. The largest absolute Gasteiger partial charge is 0.497 e. The van der Waals surface area contributed by atoms with Crippen LogP contribution in [0.25, 0.3) is 11.0 Å². The molecule has 0 fully saturated rings. The van der Waals surface area contributed by atoms with Gasteiger partial charge in [-0.2, -0.15) is 13.8 Å². The molecule has 0 radical (unpaired) electrons. The zero-order valence-corrected chi connectivity index (χ0v) is 18.4. The second-order valence-electron chi connectivity index (χ2n) is 7.32. The molecule has 0 unspecified atom stereocenters. The molecule has 4 rings (SSSR count). The Hall–Kier alpha value is -3.26. The van der Waals surface area contributed by atoms with E-state index in [-0.39, 0.29) is 0 Å². The van der Waals surface area contributed by atoms with Gasteiger partial charge in [-0.3, -0.25) is 4.79 Å². The number of aryl methyl sites for hydroxylation is 1. The molecule has 4 aromatic rings. The van der Waals surface area contributed by atoms with Crippen LogP contribution in [0.5, 0.6) is 11.6 Å². The van der Waals surface area contributed by atoms with Crippen LogP contribution in [0.15, 0.2) is 42.5 Å². The molecular formula is C23H24N4O3S. The van der Waals surface area contributed by atoms with Crippen LogP contribution in [-0.2, 0) is 24.2 Å². The summed E-state index contributed by atoms with van der Waals surface area (Å²) in [4.78, 5) is 11.3. The SMILES string of the molecule is CCCCc1nn(Cc2cccc(OC)c2)c(OC=O)c1Cc1ccc2nsnc2c1. The van der Waals surface area contributed by atoms with Gasteiger partial charge in [0, 0.05) is 12.0 Å². The average Bonchev–Trinajstić information content (AvgIpc) is 3.38. The van der Waals surface area contributed by atoms with Crippen molar-refractivity contribution in [2.45, 2.75) is 39.2 Å². The molecular weight excluding hydrogens is 412 g/mol. The predicted molar refractivity (Wildman–Crippen MR) is 120 cm³/mol. The van der Waals surface area contributed by atoms with Gasteiger partial charge in [0.25, 0.3) is 6.47 Å². The fourth-order valence-electron chi connectivity index (χ4n) is 3.62. The van der Waals surface area contributed by atoms with Crippen molar-refractivity contribution in [1.82, 2.24) is 18.5 Å². The van der Waals surface area contributed by atoms with Gasteiger partial charge in [-0.05, 0) is 48.2 Å². The van der Waals surface area contributed by atoms with E-state index in [0.717, 1.165) is 58.4 Å². The lowest BCUT2D eigenvalue weighted by atomic mass is 10.0. The standard InChI is InChI=1S/C23H24N4O3S/c1-3-4-8-20-19(12-16-9-10-21-22(13-16)26-31-25-21)23(30-15-28)27(24-20)14-17-6-5-7-18(11-17)29-2/h5-7,9-11,13,15H,3-4,8,12,14H2,1-2H3. The lowest BCUT2D eigenvalue weighted by Crippen LogP contribution is -2.06. The fourth-order valence-corrected chi connectivity index (χ4v) is 4.14. The highest BCUT2D eigenvalue weighted by atomic mass is 32.1. The second kappa shape index (κ2) is 9.70. The number of methoxy groups -OCH3 is 1. The molecule has 0 N–H and O–H groups in total. The van der Waals surface area contributed by atoms with Crippen LogP contribution in [-0.4, -0.2) is 32.1 Å². The van der Waals surface area contributed by atoms with Crippen molar-refractivity contribution in [2.75, 3.05) is 7.11 Å². The zero-order valence-electron chi connectivity index (χ0n) is 17.6. The summed E-state index contributed by atoms with van der Waals surface area (Å²) in [6.45, 7) is 3.10. The molecule has 2 aromatic heterocycles. The first-order chi connectivity index (χ1) is 15.2. The monoisotopic (exact) mass is 436 g/mol. The molecule has 0 aliphatic rings. The highest BCUT2D eigenvalue weighted by Crippen LogP contribution is 2.29. The Labute approximate surface area is 185 Å². The van der Waals surface area contributed by atoms with E-state index in [9.17, 15) is 4.79 Å². The van der Waals surface area contributed by atoms with Gasteiger partial charge in [0.15, 0.2) is 0 Å². The number of ether oxygens (including phenoxy) is 2. The van der Waals surface area contributed by atoms with Crippen molar-refractivity contribution < 1.29 is 14.3 Å². The summed E-state index contributed by atoms with van der Waals surface area (Å²) < 4.78 is 21.2. The molecule has 0 bridgehead atoms. The van der Waals surface area contributed by atoms with Gasteiger partial charge in [0.1, 0.15) is 16.8 Å². The number of hydrogen-bond donors (Lipinski definition) is 0. The summed E-state index contributed by atoms with van der Waals surface area (Å²) in [5.74, 6) is 1.26. The number of carbonyl (C=O) groups is 1. The van der Waals surface area contributed by atoms with Crippen LogP contribution in [0.4, 0.5) is 0 Å². The molecule has 0 saturated heterocycles. The van der Waals surface area contributed by atoms with Gasteiger partial charge in [-0.15, -0.1) is 0 Å². The number of nitrogens with zero attached hydrogens (tertiary/aromatic N) is 4. The Bertz CT molecular complexity index is 1180. The van der Waals surface area contributed by atoms with E-state index >= 15 is 0 Å². The highest BCUT2D eigenvalue weighted by molar-refractivity contribution is 7.00. The van der Waals surface area contributed by atoms with Crippen LogP contribution in [0, 0.1) is 0 Å². The number of fused-ring (bicyclic) bond motifs is 1. The zero-order chi connectivity index (χ0) is 21.6. The minimum atomic E-state index is 0.472. The number of benzene rings is 2. The van der Waals surface area contributed by atoms with E-state index in [1.54, 1.807) is 11.8 Å². The number of unbranched alkanes of at least 4 members (excludes halogenated alkanes) is 1. The Morgan fingerprint density at radius 1 is 1.10 bits per heavy atom. The summed E-state index contributed by atoms with van der Waals surface area (Å²) >= 11 is 1.20. The molecule has 0 atom stereocenters. The molecule has 0 aliphatic heterocycles. The normalized spacial score (nSPS) is 11.0. The van der Waals surface area contributed by atoms with Crippen molar-refractivity contribution in [3.05, 3.63) is 64.8 Å². The maximum absolute atomic E-state index is 11.3. The maximum atomic E-state index is 11.3. The molecule has 31 heavy (non-hydrogen) atoms. The first-order valence-corrected chi connectivity index (χ1v) is 11.0. The molecule has 0 spiro atoms. The summed E-state index contributed by atoms with van der Waals surface area (Å²) in [5.41, 5.74) is 5.75. The van der Waals surface area contributed by atoms with E-state index < -0.39 is 0 Å². The van der Waals surface area contributed by atoms with Crippen molar-refractivity contribution in [3.8, 4) is 11.6 Å². The van der Waals surface area contributed by atoms with E-state index in [0.29, 0.717) is 25.3 Å². The Morgan fingerprint density at radius 3 is 2.77 bits per heavy atom. The minimum absolute atomic E-state index is 0.472. The predicted octanol–water partition coefficient (Wildman–Crippen LogP) is 4.41. The maximum Gasteiger partial charge on any atom is 0.299 e. The molecule has 7 nitrogen and oxygen atoms in total. The summed E-state index contributed by atoms with van der Waals surface area (Å²) in [5, 5.41) is 4.83. The van der Waals surface area contributed by atoms with Gasteiger partial charge < -0.3 is 9.47 Å². The third-order valence-corrected chi connectivity index (χ3v) is 5.73. The second-order valence-corrected chi connectivity index (χ2v) is 7.85. The number of hydrogen-bond acceptors (Lipinski definition) is 7. The van der Waals surface area contributed by atoms with Crippen molar-refractivity contribution in [1.29, 1.82) is 0 Å². The number of carbonyl (C=O) groups excluding carboxylic acids is 1. The summed E-state index contributed by atoms with van der Waals surface area (Å²) in [7, 11) is 1.64. The molecule has 2 aromatic carbocycles. The summed E-state index contributed by atoms with van der Waals surface area (Å²) in [6, 6.07) is 13.8. The summed E-state index contributed by atoms with van der Waals surface area (Å²) in [6.07, 6.45) is 3.50. The first-order valence-electron chi connectivity index (χ1n) is 10.2. The van der Waals surface area contributed by atoms with Crippen LogP contribution in [0.1, 0.15) is 42.1 Å². The highest BCUT2D eigenvalue weighted by Gasteiger charge is 2.20. The fraction of sp³-hybridized carbons (Fsp3) is 0.304. The van der Waals surface area contributed by atoms with Crippen LogP contribution < -0.4 is 9.47 Å². The molecule has 0 saturated carbocycles. The van der Waals surface area contributed by atoms with Gasteiger partial charge in [-0.25, -0.2) is 4.68 Å². The topological polar surface area (TPSA) is 79.1 Å². The van der Waals surface area contributed by atoms with E-state index in [1.165, 1.54) is 11.7 Å². The Morgan fingerprint density at radius 2 is 1.97 bits per heavy atom. The van der Waals surface area contributed by atoms with Crippen LogP contribution >= 0.6 is 11.7 Å². The quantitative estimate of drug-likeness (QED) is 0.343. The van der Waals surface area contributed by atoms with E-state index in [1.807, 2.05) is 42.5 Å². The molecule has 160 valence electrons. The number of rotatable bonds is 10. The lowest BCUT2D eigenvalue weighted by molar-refractivity contribution is -0.121. The molecule has 2 heterocycles. The third kappa shape index (κ3) is 4.74. The van der Waals surface area contributed by atoms with Crippen molar-refractivity contribution in [2.24, 2.45) is 0 Å². The van der Waals surface area contributed by atoms with Crippen LogP contribution in [0.2, 0.25) is 0 Å². The van der Waals surface area contributed by atoms with Crippen LogP contribution in [0.3, 0.4) is 0 Å². The Kier molecular flexibility index (Phi) is 6.57. The number of aromatic nitrogens is 4. The van der Waals surface area contributed by atoms with Gasteiger partial charge in [-0.1, -0.05) is 31.5 Å². The average molecular weight is 437 g/mol. The first kappa shape index (κ1) is 21.0. The van der Waals surface area contributed by atoms with E-state index in [2.05, 4.69) is 15.7 Å². The van der Waals surface area contributed by atoms with Crippen molar-refractivity contribution >= 4 is 29.2 Å². The smallest absolute Gasteiger partial charge is 0.299 e.